The number of amides is 1. The monoisotopic (exact) mass is 303 g/mol. The summed E-state index contributed by atoms with van der Waals surface area (Å²) in [5.41, 5.74) is 2.19. The standard InChI is InChI=1S/C16H17NO3S/c1-12-4-6-13(7-5-12)10-17-15(18)11-20-16(19)9-14-3-2-8-21-14/h2-8H,9-11H2,1H3,(H,17,18). The minimum Gasteiger partial charge on any atom is -0.455 e. The fourth-order valence-corrected chi connectivity index (χ4v) is 2.40. The molecule has 110 valence electrons. The van der Waals surface area contributed by atoms with Crippen molar-refractivity contribution in [3.05, 3.63) is 57.8 Å². The summed E-state index contributed by atoms with van der Waals surface area (Å²) in [6.07, 6.45) is 0.211. The fraction of sp³-hybridized carbons (Fsp3) is 0.250. The highest BCUT2D eigenvalue weighted by Crippen LogP contribution is 2.09. The Hall–Kier alpha value is -2.14. The van der Waals surface area contributed by atoms with Crippen LogP contribution in [0.1, 0.15) is 16.0 Å². The van der Waals surface area contributed by atoms with E-state index in [4.69, 9.17) is 4.74 Å². The summed E-state index contributed by atoms with van der Waals surface area (Å²) in [7, 11) is 0. The Labute approximate surface area is 127 Å². The normalized spacial score (nSPS) is 10.1. The van der Waals surface area contributed by atoms with Gasteiger partial charge in [-0.05, 0) is 23.9 Å². The number of benzene rings is 1. The first-order chi connectivity index (χ1) is 10.1. The molecular weight excluding hydrogens is 286 g/mol. The van der Waals surface area contributed by atoms with Crippen molar-refractivity contribution in [3.63, 3.8) is 0 Å². The number of carbonyl (C=O) groups excluding carboxylic acids is 2. The van der Waals surface area contributed by atoms with Gasteiger partial charge in [-0.15, -0.1) is 11.3 Å². The van der Waals surface area contributed by atoms with Crippen molar-refractivity contribution < 1.29 is 14.3 Å². The zero-order chi connectivity index (χ0) is 15.1. The Balaban J connectivity index is 1.67. The molecule has 0 fully saturated rings. The molecule has 1 N–H and O–H groups in total. The third-order valence-corrected chi connectivity index (χ3v) is 3.75. The van der Waals surface area contributed by atoms with Gasteiger partial charge in [-0.1, -0.05) is 35.9 Å². The van der Waals surface area contributed by atoms with E-state index in [1.54, 1.807) is 0 Å². The third kappa shape index (κ3) is 5.39. The molecule has 0 spiro atoms. The summed E-state index contributed by atoms with van der Waals surface area (Å²) in [5, 5.41) is 4.62. The molecule has 0 unspecified atom stereocenters. The first-order valence-electron chi connectivity index (χ1n) is 6.64. The smallest absolute Gasteiger partial charge is 0.311 e. The van der Waals surface area contributed by atoms with E-state index >= 15 is 0 Å². The van der Waals surface area contributed by atoms with Crippen LogP contribution in [0.25, 0.3) is 0 Å². The lowest BCUT2D eigenvalue weighted by atomic mass is 10.1. The molecule has 1 aromatic heterocycles. The van der Waals surface area contributed by atoms with E-state index in [1.807, 2.05) is 48.7 Å². The van der Waals surface area contributed by atoms with Crippen LogP contribution in [0, 0.1) is 6.92 Å². The van der Waals surface area contributed by atoms with Gasteiger partial charge in [0.2, 0.25) is 0 Å². The van der Waals surface area contributed by atoms with Crippen molar-refractivity contribution in [1.29, 1.82) is 0 Å². The van der Waals surface area contributed by atoms with E-state index in [1.165, 1.54) is 16.9 Å². The maximum Gasteiger partial charge on any atom is 0.311 e. The second-order valence-electron chi connectivity index (χ2n) is 4.68. The minimum atomic E-state index is -0.386. The van der Waals surface area contributed by atoms with E-state index in [2.05, 4.69) is 5.32 Å². The molecule has 2 aromatic rings. The van der Waals surface area contributed by atoms with Crippen molar-refractivity contribution in [1.82, 2.24) is 5.32 Å². The lowest BCUT2D eigenvalue weighted by Gasteiger charge is -2.06. The van der Waals surface area contributed by atoms with Gasteiger partial charge in [-0.25, -0.2) is 0 Å². The van der Waals surface area contributed by atoms with Crippen LogP contribution in [-0.2, 0) is 27.3 Å². The van der Waals surface area contributed by atoms with E-state index in [9.17, 15) is 9.59 Å². The Morgan fingerprint density at radius 3 is 2.62 bits per heavy atom. The van der Waals surface area contributed by atoms with Gasteiger partial charge in [0, 0.05) is 11.4 Å². The van der Waals surface area contributed by atoms with Crippen LogP contribution in [0.3, 0.4) is 0 Å². The van der Waals surface area contributed by atoms with Crippen LogP contribution in [0.15, 0.2) is 41.8 Å². The molecule has 1 amide bonds. The maximum atomic E-state index is 11.6. The van der Waals surface area contributed by atoms with Crippen LogP contribution in [0.5, 0.6) is 0 Å². The van der Waals surface area contributed by atoms with Crippen LogP contribution in [-0.4, -0.2) is 18.5 Å². The highest BCUT2D eigenvalue weighted by atomic mass is 32.1. The number of thiophene rings is 1. The molecule has 0 radical (unpaired) electrons. The molecule has 0 atom stereocenters. The molecular formula is C16H17NO3S. The summed E-state index contributed by atoms with van der Waals surface area (Å²) in [6.45, 7) is 2.20. The van der Waals surface area contributed by atoms with Crippen LogP contribution in [0.2, 0.25) is 0 Å². The number of rotatable bonds is 6. The van der Waals surface area contributed by atoms with Gasteiger partial charge in [0.05, 0.1) is 6.42 Å². The lowest BCUT2D eigenvalue weighted by Crippen LogP contribution is -2.28. The highest BCUT2D eigenvalue weighted by Gasteiger charge is 2.08. The summed E-state index contributed by atoms with van der Waals surface area (Å²) in [6, 6.07) is 11.6. The Morgan fingerprint density at radius 1 is 1.19 bits per heavy atom. The summed E-state index contributed by atoms with van der Waals surface area (Å²) >= 11 is 1.49. The van der Waals surface area contributed by atoms with Crippen molar-refractivity contribution >= 4 is 23.2 Å². The molecule has 5 heteroatoms. The SMILES string of the molecule is Cc1ccc(CNC(=O)COC(=O)Cc2cccs2)cc1. The van der Waals surface area contributed by atoms with Crippen LogP contribution >= 0.6 is 11.3 Å². The summed E-state index contributed by atoms with van der Waals surface area (Å²) in [5.74, 6) is -0.682. The minimum absolute atomic E-state index is 0.211. The summed E-state index contributed by atoms with van der Waals surface area (Å²) < 4.78 is 4.94. The number of hydrogen-bond donors (Lipinski definition) is 1. The lowest BCUT2D eigenvalue weighted by molar-refractivity contribution is -0.147. The zero-order valence-corrected chi connectivity index (χ0v) is 12.6. The van der Waals surface area contributed by atoms with Gasteiger partial charge in [0.25, 0.3) is 5.91 Å². The average Bonchev–Trinajstić information content (AvgIpc) is 2.97. The molecule has 1 aromatic carbocycles. The molecule has 0 aliphatic rings. The van der Waals surface area contributed by atoms with Gasteiger partial charge in [-0.2, -0.15) is 0 Å². The molecule has 2 rings (SSSR count). The van der Waals surface area contributed by atoms with E-state index in [0.717, 1.165) is 10.4 Å². The summed E-state index contributed by atoms with van der Waals surface area (Å²) in [4.78, 5) is 24.1. The first-order valence-corrected chi connectivity index (χ1v) is 7.52. The quantitative estimate of drug-likeness (QED) is 0.834. The second-order valence-corrected chi connectivity index (χ2v) is 5.71. The second kappa shape index (κ2) is 7.59. The van der Waals surface area contributed by atoms with Gasteiger partial charge in [0.1, 0.15) is 0 Å². The van der Waals surface area contributed by atoms with Crippen molar-refractivity contribution in [2.75, 3.05) is 6.61 Å². The maximum absolute atomic E-state index is 11.6. The topological polar surface area (TPSA) is 55.4 Å². The zero-order valence-electron chi connectivity index (χ0n) is 11.8. The number of aryl methyl sites for hydroxylation is 1. The molecule has 0 saturated heterocycles. The van der Waals surface area contributed by atoms with E-state index < -0.39 is 0 Å². The number of esters is 1. The molecule has 4 nitrogen and oxygen atoms in total. The van der Waals surface area contributed by atoms with Crippen LogP contribution in [0.4, 0.5) is 0 Å². The Kier molecular flexibility index (Phi) is 5.51. The van der Waals surface area contributed by atoms with Crippen molar-refractivity contribution in [2.45, 2.75) is 19.9 Å². The van der Waals surface area contributed by atoms with Gasteiger partial charge >= 0.3 is 5.97 Å². The highest BCUT2D eigenvalue weighted by molar-refractivity contribution is 7.10. The Bertz CT molecular complexity index is 590. The Morgan fingerprint density at radius 2 is 1.95 bits per heavy atom. The molecule has 0 bridgehead atoms. The van der Waals surface area contributed by atoms with Gasteiger partial charge in [-0.3, -0.25) is 9.59 Å². The van der Waals surface area contributed by atoms with Gasteiger partial charge in [0.15, 0.2) is 6.61 Å². The number of ether oxygens (including phenoxy) is 1. The van der Waals surface area contributed by atoms with Gasteiger partial charge < -0.3 is 10.1 Å². The number of nitrogens with one attached hydrogen (secondary N) is 1. The number of carbonyl (C=O) groups is 2. The fourth-order valence-electron chi connectivity index (χ4n) is 1.71. The van der Waals surface area contributed by atoms with E-state index in [-0.39, 0.29) is 24.9 Å². The first kappa shape index (κ1) is 15.3. The molecule has 0 aliphatic carbocycles. The van der Waals surface area contributed by atoms with Crippen LogP contribution < -0.4 is 5.32 Å². The molecule has 0 saturated carbocycles. The van der Waals surface area contributed by atoms with Crippen molar-refractivity contribution in [3.8, 4) is 0 Å². The third-order valence-electron chi connectivity index (χ3n) is 2.87. The largest absolute Gasteiger partial charge is 0.455 e. The molecule has 1 heterocycles. The molecule has 0 aliphatic heterocycles. The average molecular weight is 303 g/mol. The van der Waals surface area contributed by atoms with Crippen molar-refractivity contribution in [2.24, 2.45) is 0 Å². The predicted octanol–water partition coefficient (Wildman–Crippen LogP) is 2.46. The predicted molar refractivity (Wildman–Crippen MR) is 82.0 cm³/mol. The van der Waals surface area contributed by atoms with E-state index in [0.29, 0.717) is 6.54 Å². The molecule has 21 heavy (non-hydrogen) atoms. The number of hydrogen-bond acceptors (Lipinski definition) is 4.